The van der Waals surface area contributed by atoms with E-state index in [0.717, 1.165) is 6.08 Å². The van der Waals surface area contributed by atoms with Gasteiger partial charge in [0.2, 0.25) is 0 Å². The molecular formula is C12H13ClO4. The van der Waals surface area contributed by atoms with Crippen LogP contribution in [0.2, 0.25) is 5.02 Å². The third-order valence-corrected chi connectivity index (χ3v) is 2.09. The van der Waals surface area contributed by atoms with Crippen molar-refractivity contribution in [2.75, 3.05) is 13.2 Å². The summed E-state index contributed by atoms with van der Waals surface area (Å²) in [6.07, 6.45) is 0.154. The van der Waals surface area contributed by atoms with Crippen LogP contribution in [-0.2, 0) is 9.53 Å². The number of rotatable bonds is 6. The largest absolute Gasteiger partial charge is 0.491 e. The lowest BCUT2D eigenvalue weighted by atomic mass is 10.3. The van der Waals surface area contributed by atoms with Crippen molar-refractivity contribution in [1.82, 2.24) is 0 Å². The van der Waals surface area contributed by atoms with Gasteiger partial charge in [-0.15, -0.1) is 0 Å². The number of benzene rings is 1. The number of carbonyl (C=O) groups excluding carboxylic acids is 1. The Balaban J connectivity index is 2.28. The predicted molar refractivity (Wildman–Crippen MR) is 64.1 cm³/mol. The molecule has 0 fully saturated rings. The zero-order chi connectivity index (χ0) is 12.7. The van der Waals surface area contributed by atoms with Gasteiger partial charge in [0.1, 0.15) is 25.1 Å². The molecule has 0 aliphatic carbocycles. The van der Waals surface area contributed by atoms with Crippen LogP contribution in [0.1, 0.15) is 0 Å². The first-order chi connectivity index (χ1) is 8.11. The van der Waals surface area contributed by atoms with E-state index in [-0.39, 0.29) is 13.2 Å². The Morgan fingerprint density at radius 3 is 2.65 bits per heavy atom. The summed E-state index contributed by atoms with van der Waals surface area (Å²) in [5.74, 6) is 0.0130. The summed E-state index contributed by atoms with van der Waals surface area (Å²) < 4.78 is 9.92. The number of halogens is 1. The van der Waals surface area contributed by atoms with Crippen molar-refractivity contribution in [1.29, 1.82) is 0 Å². The van der Waals surface area contributed by atoms with Gasteiger partial charge in [-0.1, -0.05) is 18.2 Å². The maximum Gasteiger partial charge on any atom is 0.330 e. The fourth-order valence-electron chi connectivity index (χ4n) is 1.01. The number of hydrogen-bond acceptors (Lipinski definition) is 4. The van der Waals surface area contributed by atoms with Crippen LogP contribution in [0.4, 0.5) is 0 Å². The Kier molecular flexibility index (Phi) is 5.52. The normalized spacial score (nSPS) is 11.6. The zero-order valence-electron chi connectivity index (χ0n) is 9.14. The molecule has 1 rings (SSSR count). The fourth-order valence-corrected chi connectivity index (χ4v) is 1.13. The molecule has 0 aliphatic rings. The van der Waals surface area contributed by atoms with E-state index in [1.165, 1.54) is 0 Å². The predicted octanol–water partition coefficient (Wildman–Crippen LogP) is 1.81. The monoisotopic (exact) mass is 256 g/mol. The van der Waals surface area contributed by atoms with E-state index in [4.69, 9.17) is 16.3 Å². The summed E-state index contributed by atoms with van der Waals surface area (Å²) in [7, 11) is 0. The summed E-state index contributed by atoms with van der Waals surface area (Å²) >= 11 is 5.70. The Morgan fingerprint density at radius 2 is 2.06 bits per heavy atom. The number of aliphatic hydroxyl groups is 1. The molecule has 0 bridgehead atoms. The summed E-state index contributed by atoms with van der Waals surface area (Å²) in [5.41, 5.74) is 0. The van der Waals surface area contributed by atoms with Crippen LogP contribution in [0.25, 0.3) is 0 Å². The van der Waals surface area contributed by atoms with Gasteiger partial charge in [-0.2, -0.15) is 0 Å². The van der Waals surface area contributed by atoms with E-state index in [1.807, 2.05) is 0 Å². The molecule has 0 amide bonds. The fraction of sp³-hybridized carbons (Fsp3) is 0.250. The van der Waals surface area contributed by atoms with Crippen molar-refractivity contribution in [2.24, 2.45) is 0 Å². The zero-order valence-corrected chi connectivity index (χ0v) is 9.89. The molecule has 1 atom stereocenters. The first-order valence-electron chi connectivity index (χ1n) is 4.97. The minimum absolute atomic E-state index is 0.0338. The molecule has 17 heavy (non-hydrogen) atoms. The molecule has 0 saturated heterocycles. The van der Waals surface area contributed by atoms with E-state index in [9.17, 15) is 9.90 Å². The summed E-state index contributed by atoms with van der Waals surface area (Å²) in [6.45, 7) is 3.15. The molecule has 0 aromatic heterocycles. The van der Waals surface area contributed by atoms with Crippen molar-refractivity contribution in [2.45, 2.75) is 6.10 Å². The van der Waals surface area contributed by atoms with Gasteiger partial charge in [-0.3, -0.25) is 0 Å². The first-order valence-corrected chi connectivity index (χ1v) is 5.35. The molecule has 1 aromatic carbocycles. The van der Waals surface area contributed by atoms with Gasteiger partial charge in [0.05, 0.1) is 0 Å². The van der Waals surface area contributed by atoms with Crippen molar-refractivity contribution in [3.8, 4) is 5.75 Å². The van der Waals surface area contributed by atoms with Gasteiger partial charge in [0.25, 0.3) is 0 Å². The van der Waals surface area contributed by atoms with Crippen molar-refractivity contribution in [3.05, 3.63) is 41.9 Å². The van der Waals surface area contributed by atoms with Crippen molar-refractivity contribution >= 4 is 17.6 Å². The number of ether oxygens (including phenoxy) is 2. The molecule has 1 unspecified atom stereocenters. The molecule has 0 aliphatic heterocycles. The van der Waals surface area contributed by atoms with Crippen LogP contribution in [-0.4, -0.2) is 30.4 Å². The lowest BCUT2D eigenvalue weighted by Crippen LogP contribution is -2.24. The van der Waals surface area contributed by atoms with Gasteiger partial charge < -0.3 is 14.6 Å². The lowest BCUT2D eigenvalue weighted by molar-refractivity contribution is -0.141. The molecule has 1 aromatic rings. The minimum Gasteiger partial charge on any atom is -0.491 e. The molecular weight excluding hydrogens is 244 g/mol. The number of carbonyl (C=O) groups is 1. The summed E-state index contributed by atoms with van der Waals surface area (Å²) in [4.78, 5) is 10.7. The SMILES string of the molecule is C=CC(=O)OCC(O)COc1ccc(Cl)cc1. The van der Waals surface area contributed by atoms with Crippen molar-refractivity contribution in [3.63, 3.8) is 0 Å². The van der Waals surface area contributed by atoms with E-state index >= 15 is 0 Å². The molecule has 4 nitrogen and oxygen atoms in total. The summed E-state index contributed by atoms with van der Waals surface area (Å²) in [5, 5.41) is 10.1. The first kappa shape index (κ1) is 13.5. The van der Waals surface area contributed by atoms with E-state index in [1.54, 1.807) is 24.3 Å². The quantitative estimate of drug-likeness (QED) is 0.623. The minimum atomic E-state index is -0.880. The molecule has 1 N–H and O–H groups in total. The molecule has 0 saturated carbocycles. The second-order valence-corrected chi connectivity index (χ2v) is 3.69. The number of esters is 1. The average Bonchev–Trinajstić information content (AvgIpc) is 2.35. The average molecular weight is 257 g/mol. The standard InChI is InChI=1S/C12H13ClO4/c1-2-12(15)17-8-10(14)7-16-11-5-3-9(13)4-6-11/h2-6,10,14H,1,7-8H2. The summed E-state index contributed by atoms with van der Waals surface area (Å²) in [6, 6.07) is 6.73. The Bertz CT molecular complexity index is 375. The van der Waals surface area contributed by atoms with Crippen LogP contribution >= 0.6 is 11.6 Å². The molecule has 0 spiro atoms. The van der Waals surface area contributed by atoms with Gasteiger partial charge in [0.15, 0.2) is 0 Å². The third-order valence-electron chi connectivity index (χ3n) is 1.84. The Morgan fingerprint density at radius 1 is 1.41 bits per heavy atom. The molecule has 92 valence electrons. The van der Waals surface area contributed by atoms with Crippen LogP contribution in [0.3, 0.4) is 0 Å². The van der Waals surface area contributed by atoms with E-state index in [2.05, 4.69) is 11.3 Å². The second kappa shape index (κ2) is 6.93. The topological polar surface area (TPSA) is 55.8 Å². The van der Waals surface area contributed by atoms with Crippen LogP contribution in [0, 0.1) is 0 Å². The highest BCUT2D eigenvalue weighted by Crippen LogP contribution is 2.15. The van der Waals surface area contributed by atoms with Crippen LogP contribution in [0.15, 0.2) is 36.9 Å². The number of aliphatic hydroxyl groups excluding tert-OH is 1. The lowest BCUT2D eigenvalue weighted by Gasteiger charge is -2.12. The molecule has 5 heteroatoms. The highest BCUT2D eigenvalue weighted by atomic mass is 35.5. The highest BCUT2D eigenvalue weighted by molar-refractivity contribution is 6.30. The highest BCUT2D eigenvalue weighted by Gasteiger charge is 2.07. The molecule has 0 radical (unpaired) electrons. The maximum atomic E-state index is 10.7. The Labute approximate surface area is 104 Å². The van der Waals surface area contributed by atoms with Gasteiger partial charge >= 0.3 is 5.97 Å². The second-order valence-electron chi connectivity index (χ2n) is 3.25. The van der Waals surface area contributed by atoms with Gasteiger partial charge in [-0.05, 0) is 24.3 Å². The third kappa shape index (κ3) is 5.38. The van der Waals surface area contributed by atoms with Crippen molar-refractivity contribution < 1.29 is 19.4 Å². The van der Waals surface area contributed by atoms with E-state index < -0.39 is 12.1 Å². The molecule has 0 heterocycles. The van der Waals surface area contributed by atoms with E-state index in [0.29, 0.717) is 10.8 Å². The maximum absolute atomic E-state index is 10.7. The van der Waals surface area contributed by atoms with Crippen LogP contribution in [0.5, 0.6) is 5.75 Å². The van der Waals surface area contributed by atoms with Gasteiger partial charge in [0, 0.05) is 11.1 Å². The smallest absolute Gasteiger partial charge is 0.330 e. The Hall–Kier alpha value is -1.52. The number of hydrogen-bond donors (Lipinski definition) is 1. The van der Waals surface area contributed by atoms with Gasteiger partial charge in [-0.25, -0.2) is 4.79 Å². The van der Waals surface area contributed by atoms with Crippen LogP contribution < -0.4 is 4.74 Å².